The fraction of sp³-hybridized carbons (Fsp3) is 0.389. The average Bonchev–Trinajstić information content (AvgIpc) is 2.91. The van der Waals surface area contributed by atoms with Crippen molar-refractivity contribution in [3.8, 4) is 0 Å². The van der Waals surface area contributed by atoms with Crippen LogP contribution in [0.15, 0.2) is 35.2 Å². The number of methoxy groups -OCH3 is 1. The normalized spacial score (nSPS) is 14.5. The first-order valence-electron chi connectivity index (χ1n) is 8.12. The summed E-state index contributed by atoms with van der Waals surface area (Å²) in [6.07, 6.45) is 1.05. The lowest BCUT2D eigenvalue weighted by atomic mass is 10.0. The summed E-state index contributed by atoms with van der Waals surface area (Å²) in [5.74, 6) is -0.317. The Morgan fingerprint density at radius 3 is 2.79 bits per heavy atom. The highest BCUT2D eigenvalue weighted by atomic mass is 32.2. The van der Waals surface area contributed by atoms with E-state index in [0.29, 0.717) is 18.8 Å². The molecule has 0 amide bonds. The number of hydrogen-bond acceptors (Lipinski definition) is 5. The molecule has 3 rings (SSSR count). The minimum atomic E-state index is -0.317. The van der Waals surface area contributed by atoms with Crippen LogP contribution in [0.5, 0.6) is 0 Å². The Morgan fingerprint density at radius 1 is 1.33 bits per heavy atom. The minimum Gasteiger partial charge on any atom is -0.464 e. The second kappa shape index (κ2) is 7.42. The molecule has 0 atom stereocenters. The smallest absolute Gasteiger partial charge is 0.354 e. The number of nitrogens with zero attached hydrogens (tertiary/aromatic N) is 2. The predicted molar refractivity (Wildman–Crippen MR) is 96.0 cm³/mol. The van der Waals surface area contributed by atoms with Gasteiger partial charge in [-0.05, 0) is 42.5 Å². The minimum absolute atomic E-state index is 0.317. The van der Waals surface area contributed by atoms with Crippen molar-refractivity contribution in [2.45, 2.75) is 31.3 Å². The van der Waals surface area contributed by atoms with Gasteiger partial charge in [0.1, 0.15) is 5.69 Å². The van der Waals surface area contributed by atoms with Crippen molar-refractivity contribution in [1.82, 2.24) is 8.87 Å². The van der Waals surface area contributed by atoms with Gasteiger partial charge in [0.05, 0.1) is 7.11 Å². The lowest BCUT2D eigenvalue weighted by molar-refractivity contribution is 0.0588. The Kier molecular flexibility index (Phi) is 5.28. The summed E-state index contributed by atoms with van der Waals surface area (Å²) < 4.78 is 9.20. The Balaban J connectivity index is 1.82. The predicted octanol–water partition coefficient (Wildman–Crippen LogP) is 2.61. The molecule has 0 aliphatic carbocycles. The van der Waals surface area contributed by atoms with Gasteiger partial charge in [-0.1, -0.05) is 24.3 Å². The second-order valence-electron chi connectivity index (χ2n) is 5.88. The molecule has 1 aromatic carbocycles. The van der Waals surface area contributed by atoms with Crippen LogP contribution in [0.1, 0.15) is 27.3 Å². The summed E-state index contributed by atoms with van der Waals surface area (Å²) in [6.45, 7) is 5.04. The van der Waals surface area contributed by atoms with Crippen LogP contribution in [0, 0.1) is 6.92 Å². The number of hydrogen-bond donors (Lipinski definition) is 1. The van der Waals surface area contributed by atoms with Crippen molar-refractivity contribution in [1.29, 1.82) is 0 Å². The number of fused-ring (bicyclic) bond motifs is 1. The number of aromatic nitrogens is 1. The van der Waals surface area contributed by atoms with E-state index in [0.717, 1.165) is 30.1 Å². The third-order valence-corrected chi connectivity index (χ3v) is 5.57. The van der Waals surface area contributed by atoms with E-state index in [4.69, 9.17) is 10.5 Å². The third-order valence-electron chi connectivity index (χ3n) is 4.39. The van der Waals surface area contributed by atoms with Crippen LogP contribution >= 0.6 is 11.9 Å². The van der Waals surface area contributed by atoms with E-state index in [1.54, 1.807) is 11.9 Å². The van der Waals surface area contributed by atoms with E-state index in [1.807, 2.05) is 17.6 Å². The molecule has 2 N–H and O–H groups in total. The van der Waals surface area contributed by atoms with Gasteiger partial charge in [-0.2, -0.15) is 0 Å². The number of nitrogens with two attached hydrogens (primary N) is 1. The van der Waals surface area contributed by atoms with Crippen LogP contribution in [0.4, 0.5) is 0 Å². The van der Waals surface area contributed by atoms with Gasteiger partial charge in [0.15, 0.2) is 0 Å². The summed E-state index contributed by atoms with van der Waals surface area (Å²) in [6, 6.07) is 10.5. The molecule has 0 saturated heterocycles. The van der Waals surface area contributed by atoms with E-state index in [9.17, 15) is 4.79 Å². The maximum absolute atomic E-state index is 12.0. The van der Waals surface area contributed by atoms with Crippen molar-refractivity contribution in [3.05, 3.63) is 52.8 Å². The summed E-state index contributed by atoms with van der Waals surface area (Å²) in [4.78, 5) is 13.1. The lowest BCUT2D eigenvalue weighted by Gasteiger charge is -2.27. The monoisotopic (exact) mass is 345 g/mol. The highest BCUT2D eigenvalue weighted by Gasteiger charge is 2.22. The summed E-state index contributed by atoms with van der Waals surface area (Å²) in [7, 11) is 1.41. The average molecular weight is 345 g/mol. The second-order valence-corrected chi connectivity index (χ2v) is 7.02. The van der Waals surface area contributed by atoms with Gasteiger partial charge in [0.25, 0.3) is 0 Å². The third kappa shape index (κ3) is 3.36. The van der Waals surface area contributed by atoms with Gasteiger partial charge < -0.3 is 15.0 Å². The first kappa shape index (κ1) is 17.1. The van der Waals surface area contributed by atoms with E-state index in [2.05, 4.69) is 28.6 Å². The molecule has 0 spiro atoms. The lowest BCUT2D eigenvalue weighted by Crippen LogP contribution is -2.24. The number of carbonyl (C=O) groups is 1. The van der Waals surface area contributed by atoms with Crippen molar-refractivity contribution in [3.63, 3.8) is 0 Å². The first-order valence-corrected chi connectivity index (χ1v) is 8.89. The van der Waals surface area contributed by atoms with E-state index >= 15 is 0 Å². The molecule has 5 nitrogen and oxygen atoms in total. The molecule has 2 heterocycles. The molecule has 1 aliphatic rings. The number of carbonyl (C=O) groups excluding carboxylic acids is 1. The molecule has 0 bridgehead atoms. The van der Waals surface area contributed by atoms with Gasteiger partial charge >= 0.3 is 5.97 Å². The quantitative estimate of drug-likeness (QED) is 0.667. The van der Waals surface area contributed by atoms with Crippen LogP contribution in [0.25, 0.3) is 0 Å². The van der Waals surface area contributed by atoms with Gasteiger partial charge in [0.2, 0.25) is 0 Å². The van der Waals surface area contributed by atoms with Crippen molar-refractivity contribution in [2.75, 3.05) is 20.2 Å². The fourth-order valence-electron chi connectivity index (χ4n) is 3.09. The highest BCUT2D eigenvalue weighted by molar-refractivity contribution is 7.97. The summed E-state index contributed by atoms with van der Waals surface area (Å²) in [5.41, 5.74) is 10.1. The van der Waals surface area contributed by atoms with Crippen molar-refractivity contribution in [2.24, 2.45) is 5.73 Å². The molecule has 0 fully saturated rings. The fourth-order valence-corrected chi connectivity index (χ4v) is 4.16. The largest absolute Gasteiger partial charge is 0.464 e. The zero-order valence-corrected chi connectivity index (χ0v) is 14.9. The SMILES string of the molecule is COC(=O)c1cc(SN2CCc3ccccc3C2)c(C)n1CCN. The van der Waals surface area contributed by atoms with Crippen LogP contribution in [-0.4, -0.2) is 35.0 Å². The molecule has 0 unspecified atom stereocenters. The summed E-state index contributed by atoms with van der Waals surface area (Å²) in [5, 5.41) is 0. The van der Waals surface area contributed by atoms with Gasteiger partial charge in [-0.3, -0.25) is 0 Å². The summed E-state index contributed by atoms with van der Waals surface area (Å²) >= 11 is 1.71. The Hall–Kier alpha value is -1.76. The van der Waals surface area contributed by atoms with E-state index < -0.39 is 0 Å². The van der Waals surface area contributed by atoms with Crippen LogP contribution in [0.2, 0.25) is 0 Å². The van der Waals surface area contributed by atoms with Gasteiger partial charge in [0, 0.05) is 36.8 Å². The molecule has 2 aromatic rings. The number of benzene rings is 1. The van der Waals surface area contributed by atoms with E-state index in [1.165, 1.54) is 18.2 Å². The van der Waals surface area contributed by atoms with Gasteiger partial charge in [-0.25, -0.2) is 9.10 Å². The number of esters is 1. The van der Waals surface area contributed by atoms with Crippen LogP contribution < -0.4 is 5.73 Å². The maximum Gasteiger partial charge on any atom is 0.354 e. The number of ether oxygens (including phenoxy) is 1. The molecular formula is C18H23N3O2S. The molecule has 128 valence electrons. The molecule has 0 radical (unpaired) electrons. The Morgan fingerprint density at radius 2 is 2.08 bits per heavy atom. The highest BCUT2D eigenvalue weighted by Crippen LogP contribution is 2.33. The molecule has 24 heavy (non-hydrogen) atoms. The molecule has 1 aromatic heterocycles. The van der Waals surface area contributed by atoms with Crippen LogP contribution in [-0.2, 0) is 24.2 Å². The van der Waals surface area contributed by atoms with Crippen molar-refractivity contribution < 1.29 is 9.53 Å². The molecule has 1 aliphatic heterocycles. The van der Waals surface area contributed by atoms with Crippen molar-refractivity contribution >= 4 is 17.9 Å². The van der Waals surface area contributed by atoms with Crippen LogP contribution in [0.3, 0.4) is 0 Å². The Bertz CT molecular complexity index is 742. The number of rotatable bonds is 5. The topological polar surface area (TPSA) is 60.5 Å². The standard InChI is InChI=1S/C18H23N3O2S/c1-13-17(11-16(18(22)23-2)21(13)10-8-19)24-20-9-7-14-5-3-4-6-15(14)12-20/h3-6,11H,7-10,12,19H2,1-2H3. The molecule has 0 saturated carbocycles. The first-order chi connectivity index (χ1) is 11.6. The van der Waals surface area contributed by atoms with Gasteiger partial charge in [-0.15, -0.1) is 0 Å². The maximum atomic E-state index is 12.0. The Labute approximate surface area is 146 Å². The van der Waals surface area contributed by atoms with E-state index in [-0.39, 0.29) is 5.97 Å². The zero-order valence-electron chi connectivity index (χ0n) is 14.1. The zero-order chi connectivity index (χ0) is 17.1. The molecule has 6 heteroatoms. The molecular weight excluding hydrogens is 322 g/mol.